The number of H-pyrrole nitrogens is 1. The maximum atomic E-state index is 12.7. The first-order valence-corrected chi connectivity index (χ1v) is 10.8. The van der Waals surface area contributed by atoms with Gasteiger partial charge in [-0.2, -0.15) is 0 Å². The molecule has 7 nitrogen and oxygen atoms in total. The van der Waals surface area contributed by atoms with E-state index < -0.39 is 0 Å². The fraction of sp³-hybridized carbons (Fsp3) is 0.714. The van der Waals surface area contributed by atoms with Crippen molar-refractivity contribution in [3.05, 3.63) is 27.4 Å². The zero-order valence-electron chi connectivity index (χ0n) is 16.3. The SMILES string of the molecule is O=C(C1CC1)N1CCc2nc([C@@H]3CCCN(C(=O)C4CCC4)C3)[nH]c(=O)c2C1. The Kier molecular flexibility index (Phi) is 4.48. The van der Waals surface area contributed by atoms with Crippen LogP contribution in [0.2, 0.25) is 0 Å². The normalized spacial score (nSPS) is 25.2. The number of aromatic nitrogens is 2. The van der Waals surface area contributed by atoms with Gasteiger partial charge in [-0.25, -0.2) is 4.98 Å². The number of carbonyl (C=O) groups is 2. The van der Waals surface area contributed by atoms with Crippen LogP contribution >= 0.6 is 0 Å². The highest BCUT2D eigenvalue weighted by atomic mass is 16.2. The van der Waals surface area contributed by atoms with Crippen LogP contribution in [0.1, 0.15) is 67.9 Å². The van der Waals surface area contributed by atoms with Crippen LogP contribution in [0.5, 0.6) is 0 Å². The summed E-state index contributed by atoms with van der Waals surface area (Å²) in [6, 6.07) is 0. The minimum absolute atomic E-state index is 0.0990. The van der Waals surface area contributed by atoms with E-state index in [1.165, 1.54) is 0 Å². The highest BCUT2D eigenvalue weighted by Crippen LogP contribution is 2.33. The molecule has 28 heavy (non-hydrogen) atoms. The first kappa shape index (κ1) is 17.9. The number of aromatic amines is 1. The van der Waals surface area contributed by atoms with E-state index in [1.807, 2.05) is 9.80 Å². The lowest BCUT2D eigenvalue weighted by Gasteiger charge is -2.37. The molecule has 3 heterocycles. The topological polar surface area (TPSA) is 86.4 Å². The maximum Gasteiger partial charge on any atom is 0.256 e. The molecule has 2 saturated carbocycles. The first-order valence-electron chi connectivity index (χ1n) is 10.8. The van der Waals surface area contributed by atoms with Gasteiger partial charge in [-0.05, 0) is 38.5 Å². The summed E-state index contributed by atoms with van der Waals surface area (Å²) in [5, 5.41) is 0. The monoisotopic (exact) mass is 384 g/mol. The molecule has 5 rings (SSSR count). The molecule has 0 aromatic carbocycles. The largest absolute Gasteiger partial charge is 0.342 e. The number of rotatable bonds is 3. The predicted octanol–water partition coefficient (Wildman–Crippen LogP) is 1.57. The molecular formula is C21H28N4O3. The average Bonchev–Trinajstić information content (AvgIpc) is 3.51. The van der Waals surface area contributed by atoms with E-state index >= 15 is 0 Å². The van der Waals surface area contributed by atoms with Gasteiger partial charge in [-0.3, -0.25) is 14.4 Å². The van der Waals surface area contributed by atoms with Crippen LogP contribution in [0.15, 0.2) is 4.79 Å². The smallest absolute Gasteiger partial charge is 0.256 e. The number of hydrogen-bond acceptors (Lipinski definition) is 4. The number of fused-ring (bicyclic) bond motifs is 1. The van der Waals surface area contributed by atoms with Crippen molar-refractivity contribution in [3.8, 4) is 0 Å². The van der Waals surface area contributed by atoms with Crippen molar-refractivity contribution in [2.24, 2.45) is 11.8 Å². The van der Waals surface area contributed by atoms with Gasteiger partial charge < -0.3 is 14.8 Å². The van der Waals surface area contributed by atoms with Gasteiger partial charge in [-0.1, -0.05) is 6.42 Å². The molecule has 2 amide bonds. The minimum Gasteiger partial charge on any atom is -0.342 e. The van der Waals surface area contributed by atoms with Gasteiger partial charge >= 0.3 is 0 Å². The molecule has 0 bridgehead atoms. The molecular weight excluding hydrogens is 356 g/mol. The van der Waals surface area contributed by atoms with Crippen LogP contribution in [-0.2, 0) is 22.6 Å². The molecule has 1 aromatic heterocycles. The number of amides is 2. The highest BCUT2D eigenvalue weighted by molar-refractivity contribution is 5.81. The number of nitrogens with zero attached hydrogens (tertiary/aromatic N) is 3. The summed E-state index contributed by atoms with van der Waals surface area (Å²) >= 11 is 0. The first-order chi connectivity index (χ1) is 13.6. The second-order valence-electron chi connectivity index (χ2n) is 8.91. The summed E-state index contributed by atoms with van der Waals surface area (Å²) in [6.45, 7) is 2.50. The average molecular weight is 384 g/mol. The van der Waals surface area contributed by atoms with Crippen LogP contribution in [0.3, 0.4) is 0 Å². The van der Waals surface area contributed by atoms with Crippen molar-refractivity contribution >= 4 is 11.8 Å². The Hall–Kier alpha value is -2.18. The number of piperidine rings is 1. The predicted molar refractivity (Wildman–Crippen MR) is 103 cm³/mol. The fourth-order valence-electron chi connectivity index (χ4n) is 4.73. The Labute approximate surface area is 164 Å². The summed E-state index contributed by atoms with van der Waals surface area (Å²) in [5.41, 5.74) is 1.36. The van der Waals surface area contributed by atoms with E-state index in [9.17, 15) is 14.4 Å². The van der Waals surface area contributed by atoms with Gasteiger partial charge in [0.25, 0.3) is 5.56 Å². The third kappa shape index (κ3) is 3.25. The summed E-state index contributed by atoms with van der Waals surface area (Å²) in [5.74, 6) is 1.68. The van der Waals surface area contributed by atoms with E-state index in [1.54, 1.807) is 0 Å². The summed E-state index contributed by atoms with van der Waals surface area (Å²) in [7, 11) is 0. The minimum atomic E-state index is -0.115. The van der Waals surface area contributed by atoms with Crippen molar-refractivity contribution in [2.75, 3.05) is 19.6 Å². The van der Waals surface area contributed by atoms with Gasteiger partial charge in [0.05, 0.1) is 17.8 Å². The van der Waals surface area contributed by atoms with Crippen LogP contribution < -0.4 is 5.56 Å². The standard InChI is InChI=1S/C21H28N4O3/c26-19-16-12-25(21(28)14-6-7-14)10-8-17(16)22-18(23-19)15-5-2-9-24(11-15)20(27)13-3-1-4-13/h13-15H,1-12H2,(H,22,23,26)/t15-/m1/s1. The molecule has 150 valence electrons. The molecule has 0 radical (unpaired) electrons. The molecule has 1 N–H and O–H groups in total. The van der Waals surface area contributed by atoms with Gasteiger partial charge in [0.2, 0.25) is 11.8 Å². The number of likely N-dealkylation sites (tertiary alicyclic amines) is 1. The third-order valence-corrected chi connectivity index (χ3v) is 6.90. The molecule has 0 unspecified atom stereocenters. The Morgan fingerprint density at radius 2 is 1.68 bits per heavy atom. The molecule has 1 saturated heterocycles. The quantitative estimate of drug-likeness (QED) is 0.857. The van der Waals surface area contributed by atoms with Gasteiger partial charge in [0.15, 0.2) is 0 Å². The number of hydrogen-bond donors (Lipinski definition) is 1. The van der Waals surface area contributed by atoms with Crippen molar-refractivity contribution in [1.82, 2.24) is 19.8 Å². The molecule has 1 atom stereocenters. The summed E-state index contributed by atoms with van der Waals surface area (Å²) in [6.07, 6.45) is 7.70. The summed E-state index contributed by atoms with van der Waals surface area (Å²) in [4.78, 5) is 49.3. The van der Waals surface area contributed by atoms with Crippen LogP contribution in [-0.4, -0.2) is 51.2 Å². The van der Waals surface area contributed by atoms with E-state index in [2.05, 4.69) is 4.98 Å². The number of carbonyl (C=O) groups excluding carboxylic acids is 2. The van der Waals surface area contributed by atoms with Crippen molar-refractivity contribution in [3.63, 3.8) is 0 Å². The van der Waals surface area contributed by atoms with E-state index in [0.717, 1.165) is 63.0 Å². The van der Waals surface area contributed by atoms with E-state index in [-0.39, 0.29) is 35.1 Å². The third-order valence-electron chi connectivity index (χ3n) is 6.90. The Bertz CT molecular complexity index is 856. The lowest BCUT2D eigenvalue weighted by atomic mass is 9.83. The Morgan fingerprint density at radius 3 is 2.39 bits per heavy atom. The molecule has 0 spiro atoms. The highest BCUT2D eigenvalue weighted by Gasteiger charge is 2.36. The molecule has 1 aromatic rings. The van der Waals surface area contributed by atoms with Crippen LogP contribution in [0.4, 0.5) is 0 Å². The fourth-order valence-corrected chi connectivity index (χ4v) is 4.73. The second-order valence-corrected chi connectivity index (χ2v) is 8.91. The van der Waals surface area contributed by atoms with Crippen molar-refractivity contribution < 1.29 is 9.59 Å². The summed E-state index contributed by atoms with van der Waals surface area (Å²) < 4.78 is 0. The van der Waals surface area contributed by atoms with Crippen LogP contribution in [0, 0.1) is 11.8 Å². The number of nitrogens with one attached hydrogen (secondary N) is 1. The van der Waals surface area contributed by atoms with E-state index in [4.69, 9.17) is 4.98 Å². The molecule has 4 aliphatic rings. The lowest BCUT2D eigenvalue weighted by Crippen LogP contribution is -2.45. The van der Waals surface area contributed by atoms with Gasteiger partial charge in [0, 0.05) is 43.8 Å². The van der Waals surface area contributed by atoms with Gasteiger partial charge in [-0.15, -0.1) is 0 Å². The zero-order chi connectivity index (χ0) is 19.3. The van der Waals surface area contributed by atoms with Crippen molar-refractivity contribution in [2.45, 2.75) is 63.8 Å². The molecule has 2 aliphatic carbocycles. The maximum absolute atomic E-state index is 12.7. The van der Waals surface area contributed by atoms with E-state index in [0.29, 0.717) is 31.6 Å². The van der Waals surface area contributed by atoms with Crippen molar-refractivity contribution in [1.29, 1.82) is 0 Å². The van der Waals surface area contributed by atoms with Gasteiger partial charge in [0.1, 0.15) is 5.82 Å². The Balaban J connectivity index is 1.32. The second kappa shape index (κ2) is 7.01. The van der Waals surface area contributed by atoms with Crippen LogP contribution in [0.25, 0.3) is 0 Å². The molecule has 7 heteroatoms. The molecule has 3 fully saturated rings. The Morgan fingerprint density at radius 1 is 0.929 bits per heavy atom. The molecule has 2 aliphatic heterocycles. The lowest BCUT2D eigenvalue weighted by molar-refractivity contribution is -0.139. The zero-order valence-corrected chi connectivity index (χ0v) is 16.3.